The summed E-state index contributed by atoms with van der Waals surface area (Å²) in [5, 5.41) is 3.51. The number of carbonyl (C=O) groups excluding carboxylic acids is 2. The molecule has 0 aliphatic carbocycles. The largest absolute Gasteiger partial charge is 0.484 e. The topological polar surface area (TPSA) is 75.0 Å². The van der Waals surface area contributed by atoms with Crippen LogP contribution in [0.1, 0.15) is 29.1 Å². The number of furan rings is 1. The van der Waals surface area contributed by atoms with Crippen LogP contribution < -0.4 is 10.1 Å². The van der Waals surface area contributed by atoms with Gasteiger partial charge in [0.15, 0.2) is 12.4 Å². The maximum Gasteiger partial charge on any atom is 0.291 e. The third-order valence-corrected chi connectivity index (χ3v) is 6.11. The van der Waals surface area contributed by atoms with Gasteiger partial charge in [0.2, 0.25) is 0 Å². The predicted octanol–water partition coefficient (Wildman–Crippen LogP) is 4.47. The lowest BCUT2D eigenvalue weighted by Gasteiger charge is -2.38. The molecule has 0 spiro atoms. The zero-order valence-electron chi connectivity index (χ0n) is 18.4. The molecular weight excluding hydrogens is 442 g/mol. The fraction of sp³-hybridized carbons (Fsp3) is 0.280. The maximum absolute atomic E-state index is 12.7. The van der Waals surface area contributed by atoms with Crippen LogP contribution in [0.3, 0.4) is 0 Å². The van der Waals surface area contributed by atoms with Gasteiger partial charge in [0.05, 0.1) is 6.26 Å². The smallest absolute Gasteiger partial charge is 0.291 e. The number of halogens is 1. The lowest BCUT2D eigenvalue weighted by molar-refractivity contribution is -0.135. The van der Waals surface area contributed by atoms with E-state index in [2.05, 4.69) is 17.1 Å². The molecule has 1 N–H and O–H groups in total. The number of anilines is 1. The molecule has 0 bridgehead atoms. The molecule has 7 nitrogen and oxygen atoms in total. The number of hydrogen-bond donors (Lipinski definition) is 1. The second-order valence-corrected chi connectivity index (χ2v) is 8.27. The predicted molar refractivity (Wildman–Crippen MR) is 127 cm³/mol. The highest BCUT2D eigenvalue weighted by atomic mass is 35.5. The summed E-state index contributed by atoms with van der Waals surface area (Å²) in [7, 11) is 0. The van der Waals surface area contributed by atoms with Gasteiger partial charge in [-0.1, -0.05) is 35.9 Å². The maximum atomic E-state index is 12.7. The molecule has 1 aliphatic rings. The van der Waals surface area contributed by atoms with Gasteiger partial charge < -0.3 is 19.4 Å². The summed E-state index contributed by atoms with van der Waals surface area (Å²) in [4.78, 5) is 28.9. The lowest BCUT2D eigenvalue weighted by atomic mass is 10.1. The zero-order valence-corrected chi connectivity index (χ0v) is 19.1. The Labute approximate surface area is 197 Å². The highest BCUT2D eigenvalue weighted by Crippen LogP contribution is 2.28. The van der Waals surface area contributed by atoms with Crippen molar-refractivity contribution >= 4 is 29.1 Å². The molecular formula is C25H26ClN3O4. The summed E-state index contributed by atoms with van der Waals surface area (Å²) < 4.78 is 10.8. The number of hydrogen-bond acceptors (Lipinski definition) is 5. The van der Waals surface area contributed by atoms with E-state index in [1.807, 2.05) is 29.2 Å². The number of nitrogens with one attached hydrogen (secondary N) is 1. The van der Waals surface area contributed by atoms with Crippen molar-refractivity contribution in [2.75, 3.05) is 38.1 Å². The number of nitrogens with zero attached hydrogens (tertiary/aromatic N) is 2. The summed E-state index contributed by atoms with van der Waals surface area (Å²) in [6.45, 7) is 4.89. The number of benzene rings is 2. The average molecular weight is 468 g/mol. The first-order valence-electron chi connectivity index (χ1n) is 10.9. The zero-order chi connectivity index (χ0) is 23.2. The van der Waals surface area contributed by atoms with Gasteiger partial charge in [-0.15, -0.1) is 0 Å². The van der Waals surface area contributed by atoms with E-state index in [1.54, 1.807) is 36.4 Å². The Bertz CT molecular complexity index is 1090. The van der Waals surface area contributed by atoms with Crippen LogP contribution in [-0.4, -0.2) is 54.4 Å². The Morgan fingerprint density at radius 2 is 1.85 bits per heavy atom. The van der Waals surface area contributed by atoms with Crippen molar-refractivity contribution in [3.63, 3.8) is 0 Å². The average Bonchev–Trinajstić information content (AvgIpc) is 3.38. The summed E-state index contributed by atoms with van der Waals surface area (Å²) in [6, 6.07) is 18.2. The van der Waals surface area contributed by atoms with Crippen molar-refractivity contribution in [3.05, 3.63) is 83.3 Å². The van der Waals surface area contributed by atoms with Gasteiger partial charge in [-0.25, -0.2) is 0 Å². The Balaban J connectivity index is 1.26. The third kappa shape index (κ3) is 5.74. The Morgan fingerprint density at radius 1 is 1.06 bits per heavy atom. The number of carbonyl (C=O) groups is 2. The van der Waals surface area contributed by atoms with Gasteiger partial charge in [0.1, 0.15) is 5.75 Å². The van der Waals surface area contributed by atoms with Gasteiger partial charge in [0.25, 0.3) is 11.8 Å². The number of amides is 2. The van der Waals surface area contributed by atoms with E-state index in [0.29, 0.717) is 24.5 Å². The van der Waals surface area contributed by atoms with Crippen LogP contribution in [0.4, 0.5) is 5.69 Å². The van der Waals surface area contributed by atoms with Crippen LogP contribution in [-0.2, 0) is 4.79 Å². The number of ether oxygens (including phenoxy) is 1. The van der Waals surface area contributed by atoms with Gasteiger partial charge in [-0.2, -0.15) is 0 Å². The molecule has 1 fully saturated rings. The summed E-state index contributed by atoms with van der Waals surface area (Å²) in [5.41, 5.74) is 1.66. The normalized spacial score (nSPS) is 15.2. The van der Waals surface area contributed by atoms with Crippen molar-refractivity contribution in [1.29, 1.82) is 0 Å². The van der Waals surface area contributed by atoms with Crippen LogP contribution >= 0.6 is 11.6 Å². The summed E-state index contributed by atoms with van der Waals surface area (Å²) >= 11 is 6.35. The van der Waals surface area contributed by atoms with Crippen molar-refractivity contribution in [2.24, 2.45) is 0 Å². The molecule has 0 radical (unpaired) electrons. The van der Waals surface area contributed by atoms with Gasteiger partial charge in [-0.3, -0.25) is 14.5 Å². The van der Waals surface area contributed by atoms with Crippen molar-refractivity contribution in [2.45, 2.75) is 13.0 Å². The van der Waals surface area contributed by atoms with E-state index in [0.717, 1.165) is 23.7 Å². The van der Waals surface area contributed by atoms with E-state index in [-0.39, 0.29) is 30.2 Å². The summed E-state index contributed by atoms with van der Waals surface area (Å²) in [6.07, 6.45) is 1.44. The molecule has 33 heavy (non-hydrogen) atoms. The quantitative estimate of drug-likeness (QED) is 0.555. The molecule has 1 saturated heterocycles. The molecule has 2 heterocycles. The highest BCUT2D eigenvalue weighted by molar-refractivity contribution is 6.31. The number of rotatable bonds is 7. The molecule has 2 aromatic carbocycles. The first-order chi connectivity index (χ1) is 16.0. The minimum atomic E-state index is -0.350. The molecule has 3 aromatic rings. The van der Waals surface area contributed by atoms with E-state index in [1.165, 1.54) is 6.26 Å². The van der Waals surface area contributed by atoms with Crippen molar-refractivity contribution < 1.29 is 18.7 Å². The lowest BCUT2D eigenvalue weighted by Crippen LogP contribution is -2.50. The standard InChI is InChI=1S/C25H26ClN3O4/c1-18(21-8-2-3-9-22(21)26)28-11-13-29(14-12-28)24(30)17-33-20-7-4-6-19(16-20)27-25(31)23-10-5-15-32-23/h2-10,15-16,18H,11-14,17H2,1H3,(H,27,31). The van der Waals surface area contributed by atoms with Gasteiger partial charge in [0, 0.05) is 49.0 Å². The minimum absolute atomic E-state index is 0.0599. The SMILES string of the molecule is CC(c1ccccc1Cl)N1CCN(C(=O)COc2cccc(NC(=O)c3ccco3)c2)CC1. The van der Waals surface area contributed by atoms with Crippen LogP contribution in [0.2, 0.25) is 5.02 Å². The fourth-order valence-electron chi connectivity index (χ4n) is 3.87. The molecule has 8 heteroatoms. The third-order valence-electron chi connectivity index (χ3n) is 5.77. The highest BCUT2D eigenvalue weighted by Gasteiger charge is 2.25. The van der Waals surface area contributed by atoms with Crippen molar-refractivity contribution in [3.8, 4) is 5.75 Å². The van der Waals surface area contributed by atoms with Crippen LogP contribution in [0.15, 0.2) is 71.3 Å². The molecule has 2 amide bonds. The second kappa shape index (κ2) is 10.6. The van der Waals surface area contributed by atoms with Crippen LogP contribution in [0, 0.1) is 0 Å². The van der Waals surface area contributed by atoms with Gasteiger partial charge in [-0.05, 0) is 42.8 Å². The van der Waals surface area contributed by atoms with E-state index >= 15 is 0 Å². The molecule has 0 saturated carbocycles. The minimum Gasteiger partial charge on any atom is -0.484 e. The Kier molecular flexibility index (Phi) is 7.32. The summed E-state index contributed by atoms with van der Waals surface area (Å²) in [5.74, 6) is 0.313. The monoisotopic (exact) mass is 467 g/mol. The molecule has 4 rings (SSSR count). The van der Waals surface area contributed by atoms with E-state index < -0.39 is 0 Å². The molecule has 1 aliphatic heterocycles. The first kappa shape index (κ1) is 22.9. The van der Waals surface area contributed by atoms with Crippen LogP contribution in [0.25, 0.3) is 0 Å². The molecule has 172 valence electrons. The van der Waals surface area contributed by atoms with E-state index in [4.69, 9.17) is 20.8 Å². The van der Waals surface area contributed by atoms with Crippen molar-refractivity contribution in [1.82, 2.24) is 9.80 Å². The fourth-order valence-corrected chi connectivity index (χ4v) is 4.16. The first-order valence-corrected chi connectivity index (χ1v) is 11.2. The Hall–Kier alpha value is -3.29. The second-order valence-electron chi connectivity index (χ2n) is 7.86. The molecule has 1 aromatic heterocycles. The van der Waals surface area contributed by atoms with Gasteiger partial charge >= 0.3 is 0 Å². The Morgan fingerprint density at radius 3 is 2.58 bits per heavy atom. The van der Waals surface area contributed by atoms with E-state index in [9.17, 15) is 9.59 Å². The number of piperazine rings is 1. The molecule has 1 unspecified atom stereocenters. The molecule has 1 atom stereocenters. The van der Waals surface area contributed by atoms with Crippen LogP contribution in [0.5, 0.6) is 5.75 Å².